The van der Waals surface area contributed by atoms with Crippen LogP contribution in [-0.2, 0) is 0 Å². The second-order valence-corrected chi connectivity index (χ2v) is 30.9. The van der Waals surface area contributed by atoms with Crippen LogP contribution in [0.1, 0.15) is 223 Å². The summed E-state index contributed by atoms with van der Waals surface area (Å²) in [5.74, 6) is 1.81. The van der Waals surface area contributed by atoms with Gasteiger partial charge in [-0.2, -0.15) is 0 Å². The maximum absolute atomic E-state index is 2.60. The maximum Gasteiger partial charge on any atom is 0.0125 e. The average molecular weight is 1230 g/mol. The minimum atomic E-state index is 0.403. The van der Waals surface area contributed by atoms with E-state index < -0.39 is 0 Å². The van der Waals surface area contributed by atoms with Gasteiger partial charge in [0.15, 0.2) is 0 Å². The van der Waals surface area contributed by atoms with Crippen molar-refractivity contribution < 1.29 is 0 Å². The fourth-order valence-corrected chi connectivity index (χ4v) is 13.5. The van der Waals surface area contributed by atoms with Gasteiger partial charge in [0.05, 0.1) is 0 Å². The maximum atomic E-state index is 2.60. The number of piperazine rings is 3. The predicted octanol–water partition coefficient (Wildman–Crippen LogP) is 12.5. The number of hydrogen-bond acceptors (Lipinski definition) is 13. The van der Waals surface area contributed by atoms with Crippen molar-refractivity contribution in [3.05, 3.63) is 0 Å². The zero-order valence-electron chi connectivity index (χ0n) is 63.8. The van der Waals surface area contributed by atoms with Crippen LogP contribution in [0.2, 0.25) is 0 Å². The van der Waals surface area contributed by atoms with E-state index in [1.165, 1.54) is 260 Å². The Kier molecular flexibility index (Phi) is 47.7. The largest absolute Gasteiger partial charge is 0.305 e. The molecule has 8 aliphatic rings. The summed E-state index contributed by atoms with van der Waals surface area (Å²) in [5, 5.41) is 0. The van der Waals surface area contributed by atoms with Crippen molar-refractivity contribution in [1.29, 1.82) is 0 Å². The third-order valence-corrected chi connectivity index (χ3v) is 20.1. The van der Waals surface area contributed by atoms with Gasteiger partial charge < -0.3 is 34.3 Å². The summed E-state index contributed by atoms with van der Waals surface area (Å²) < 4.78 is 0. The van der Waals surface area contributed by atoms with Crippen molar-refractivity contribution >= 4 is 0 Å². The predicted molar refractivity (Wildman–Crippen MR) is 389 cm³/mol. The second kappa shape index (κ2) is 49.1. The number of nitrogens with zero attached hydrogens (tertiary/aromatic N) is 13. The summed E-state index contributed by atoms with van der Waals surface area (Å²) in [6.07, 6.45) is 15.3. The van der Waals surface area contributed by atoms with Crippen LogP contribution >= 0.6 is 0 Å². The molecular weight excluding hydrogens is 1070 g/mol. The monoisotopic (exact) mass is 1230 g/mol. The van der Waals surface area contributed by atoms with Gasteiger partial charge in [-0.05, 0) is 267 Å². The summed E-state index contributed by atoms with van der Waals surface area (Å²) in [7, 11) is 4.40. The highest BCUT2D eigenvalue weighted by Gasteiger charge is 2.25. The molecule has 8 saturated heterocycles. The van der Waals surface area contributed by atoms with Gasteiger partial charge in [-0.1, -0.05) is 53.9 Å². The number of rotatable bonds is 11. The third-order valence-electron chi connectivity index (χ3n) is 20.1. The number of piperidine rings is 2. The zero-order chi connectivity index (χ0) is 65.5. The molecule has 13 heteroatoms. The van der Waals surface area contributed by atoms with E-state index in [1.54, 1.807) is 0 Å². The molecule has 8 heterocycles. The normalized spacial score (nSPS) is 24.6. The summed E-state index contributed by atoms with van der Waals surface area (Å²) >= 11 is 0. The molecule has 0 saturated carbocycles. The second-order valence-electron chi connectivity index (χ2n) is 30.9. The van der Waals surface area contributed by atoms with E-state index in [0.29, 0.717) is 5.54 Å². The van der Waals surface area contributed by atoms with Crippen molar-refractivity contribution in [2.45, 2.75) is 271 Å². The molecule has 0 amide bonds. The van der Waals surface area contributed by atoms with Crippen molar-refractivity contribution in [3.63, 3.8) is 0 Å². The first-order valence-corrected chi connectivity index (χ1v) is 37.6. The Morgan fingerprint density at radius 3 is 0.908 bits per heavy atom. The first-order chi connectivity index (χ1) is 41.1. The standard InChI is InChI=1S/2C10H22N2.C10H21N.2C9H20N2.2C9H19N.C8H18N2/c1-4-11-6-5-7-12(9-8-11)10(2)3;1-4-5-11-6-8-12(9-7-11)10(2)3;1-8(2)11-6-9(3)5-10(4)7-11;1-9(2)11-6-4-5-10(3)7-8-11;1-4-10-5-7-11(8-6-10)9(2)3;1-9(2,3)10-7-5-4-6-8-10;1-9(2)10-7-5-3-4-6-8-10;1-8(2)10-6-4-9(3)5-7-10/h2*10H,4-9H2,1-3H3;8-10H,5-7H2,1-4H3;2*9H,4-8H2,1-3H3;4-8H2,1-3H3;9H,3-8H2,1-2H3;8H,4-7H2,1-3H3. The molecule has 0 bridgehead atoms. The van der Waals surface area contributed by atoms with Crippen LogP contribution in [0.15, 0.2) is 0 Å². The molecule has 0 aliphatic carbocycles. The van der Waals surface area contributed by atoms with Crippen molar-refractivity contribution in [2.24, 2.45) is 11.8 Å². The lowest BCUT2D eigenvalue weighted by molar-refractivity contribution is 0.109. The zero-order valence-corrected chi connectivity index (χ0v) is 63.8. The van der Waals surface area contributed by atoms with Gasteiger partial charge in [0.1, 0.15) is 0 Å². The molecule has 0 radical (unpaired) electrons. The van der Waals surface area contributed by atoms with Gasteiger partial charge in [0.25, 0.3) is 0 Å². The molecule has 8 fully saturated rings. The molecule has 0 aromatic carbocycles. The first kappa shape index (κ1) is 84.5. The summed E-state index contributed by atoms with van der Waals surface area (Å²) in [4.78, 5) is 33.0. The molecular formula is C74H161N13. The van der Waals surface area contributed by atoms with Gasteiger partial charge in [0.2, 0.25) is 0 Å². The highest BCUT2D eigenvalue weighted by atomic mass is 15.3. The molecule has 13 nitrogen and oxygen atoms in total. The minimum absolute atomic E-state index is 0.403. The lowest BCUT2D eigenvalue weighted by Gasteiger charge is -2.38. The van der Waals surface area contributed by atoms with Crippen molar-refractivity contribution in [3.8, 4) is 0 Å². The topological polar surface area (TPSA) is 42.1 Å². The third kappa shape index (κ3) is 40.4. The molecule has 8 aliphatic heterocycles. The van der Waals surface area contributed by atoms with E-state index in [9.17, 15) is 0 Å². The molecule has 8 rings (SSSR count). The van der Waals surface area contributed by atoms with Gasteiger partial charge >= 0.3 is 0 Å². The molecule has 0 aromatic heterocycles. The summed E-state index contributed by atoms with van der Waals surface area (Å²) in [6, 6.07) is 5.14. The van der Waals surface area contributed by atoms with Crippen LogP contribution in [0, 0.1) is 11.8 Å². The van der Waals surface area contributed by atoms with Crippen molar-refractivity contribution in [2.75, 3.05) is 204 Å². The Morgan fingerprint density at radius 2 is 0.575 bits per heavy atom. The van der Waals surface area contributed by atoms with E-state index >= 15 is 0 Å². The quantitative estimate of drug-likeness (QED) is 0.197. The van der Waals surface area contributed by atoms with Crippen LogP contribution in [0.4, 0.5) is 0 Å². The summed E-state index contributed by atoms with van der Waals surface area (Å²) in [5.41, 5.74) is 0.403. The fourth-order valence-electron chi connectivity index (χ4n) is 13.5. The lowest BCUT2D eigenvalue weighted by atomic mass is 9.91. The highest BCUT2D eigenvalue weighted by Crippen LogP contribution is 2.23. The number of likely N-dealkylation sites (N-methyl/N-ethyl adjacent to an activating group) is 4. The molecule has 2 unspecified atom stereocenters. The number of hydrogen-bond donors (Lipinski definition) is 0. The Morgan fingerprint density at radius 1 is 0.299 bits per heavy atom. The number of likely N-dealkylation sites (tertiary alicyclic amines) is 3. The minimum Gasteiger partial charge on any atom is -0.305 e. The van der Waals surface area contributed by atoms with Crippen LogP contribution < -0.4 is 0 Å². The van der Waals surface area contributed by atoms with Crippen LogP contribution in [-0.4, -0.2) is 315 Å². The molecule has 0 spiro atoms. The highest BCUT2D eigenvalue weighted by molar-refractivity contribution is 4.80. The van der Waals surface area contributed by atoms with Gasteiger partial charge in [-0.25, -0.2) is 0 Å². The Bertz CT molecular complexity index is 1510. The van der Waals surface area contributed by atoms with E-state index in [0.717, 1.165) is 54.1 Å². The average Bonchev–Trinajstić information content (AvgIpc) is 4.23. The van der Waals surface area contributed by atoms with Crippen LogP contribution in [0.3, 0.4) is 0 Å². The van der Waals surface area contributed by atoms with E-state index in [1.807, 2.05) is 0 Å². The fraction of sp³-hybridized carbons (Fsp3) is 1.00. The van der Waals surface area contributed by atoms with Gasteiger partial charge in [-0.15, -0.1) is 0 Å². The molecule has 0 N–H and O–H groups in total. The van der Waals surface area contributed by atoms with Gasteiger partial charge in [0, 0.05) is 166 Å². The lowest BCUT2D eigenvalue weighted by Crippen LogP contribution is -2.48. The van der Waals surface area contributed by atoms with E-state index in [4.69, 9.17) is 0 Å². The van der Waals surface area contributed by atoms with E-state index in [-0.39, 0.29) is 0 Å². The van der Waals surface area contributed by atoms with Gasteiger partial charge in [-0.3, -0.25) is 29.4 Å². The molecule has 0 aromatic rings. The Labute approximate surface area is 547 Å². The Balaban J connectivity index is 0.000000498. The van der Waals surface area contributed by atoms with Crippen LogP contribution in [0.25, 0.3) is 0 Å². The smallest absolute Gasteiger partial charge is 0.0125 e. The molecule has 2 atom stereocenters. The SMILES string of the molecule is CC(C)(C)N1CCCCC1.CC(C)N1CCCCCC1.CC(C)N1CCCN(C)CC1.CC(C)N1CCN(C)CC1.CC1CC(C)CN(C(C)C)C1.CCCN1CCN(C(C)C)CC1.CCN1CCCN(C(C)C)CC1.CCN1CCN(C(C)C)CC1. The Hall–Kier alpha value is -0.520. The first-order valence-electron chi connectivity index (χ1n) is 37.6. The molecule has 87 heavy (non-hydrogen) atoms. The summed E-state index contributed by atoms with van der Waals surface area (Å²) in [6.45, 7) is 87.2. The van der Waals surface area contributed by atoms with Crippen molar-refractivity contribution in [1.82, 2.24) is 63.7 Å². The molecule has 522 valence electrons. The van der Waals surface area contributed by atoms with E-state index in [2.05, 4.69) is 230 Å². The van der Waals surface area contributed by atoms with Crippen LogP contribution in [0.5, 0.6) is 0 Å².